The van der Waals surface area contributed by atoms with Crippen LogP contribution in [0.3, 0.4) is 0 Å². The molecule has 10 heteroatoms. The third-order valence-corrected chi connectivity index (χ3v) is 11.2. The minimum atomic E-state index is -0.616. The molecule has 0 aromatic carbocycles. The average Bonchev–Trinajstić information content (AvgIpc) is 3.40. The van der Waals surface area contributed by atoms with Gasteiger partial charge in [0.15, 0.2) is 0 Å². The number of aromatic nitrogens is 6. The topological polar surface area (TPSA) is 97.9 Å². The van der Waals surface area contributed by atoms with Gasteiger partial charge >= 0.3 is 22.8 Å². The highest BCUT2D eigenvalue weighted by atomic mass is 16.2. The molecule has 2 aromatic rings. The SMILES string of the molecule is Cn1c(=O)n2n(c1=O)[C@@]1(C)CC[C@]2(C)C23CC21[C@@]1(C)CC[C@]3(C)n2c(=O)n(C)c(=O)n21. The first-order valence-electron chi connectivity index (χ1n) is 11.2. The smallest absolute Gasteiger partial charge is 0.246 e. The van der Waals surface area contributed by atoms with Crippen LogP contribution in [0.1, 0.15) is 59.8 Å². The predicted molar refractivity (Wildman–Crippen MR) is 110 cm³/mol. The lowest BCUT2D eigenvalue weighted by Gasteiger charge is -2.72. The highest BCUT2D eigenvalue weighted by molar-refractivity contribution is 5.45. The molecule has 3 saturated carbocycles. The molecule has 31 heavy (non-hydrogen) atoms. The van der Waals surface area contributed by atoms with Crippen LogP contribution in [0.4, 0.5) is 0 Å². The molecule has 9 rings (SSSR count). The van der Waals surface area contributed by atoms with Crippen molar-refractivity contribution in [3.63, 3.8) is 0 Å². The van der Waals surface area contributed by atoms with E-state index in [0.29, 0.717) is 0 Å². The number of nitrogens with zero attached hydrogens (tertiary/aromatic N) is 6. The van der Waals surface area contributed by atoms with E-state index in [2.05, 4.69) is 27.7 Å². The van der Waals surface area contributed by atoms with Gasteiger partial charge in [-0.25, -0.2) is 47.0 Å². The average molecular weight is 428 g/mol. The molecule has 0 radical (unpaired) electrons. The van der Waals surface area contributed by atoms with Gasteiger partial charge in [-0.05, 0) is 59.8 Å². The third-order valence-electron chi connectivity index (χ3n) is 11.2. The Morgan fingerprint density at radius 3 is 0.968 bits per heavy atom. The van der Waals surface area contributed by atoms with E-state index >= 15 is 0 Å². The van der Waals surface area contributed by atoms with Crippen LogP contribution in [0.15, 0.2) is 19.2 Å². The second kappa shape index (κ2) is 4.11. The minimum Gasteiger partial charge on any atom is -0.246 e. The van der Waals surface area contributed by atoms with Crippen molar-refractivity contribution in [3.05, 3.63) is 41.9 Å². The van der Waals surface area contributed by atoms with Crippen LogP contribution < -0.4 is 22.8 Å². The quantitative estimate of drug-likeness (QED) is 0.568. The van der Waals surface area contributed by atoms with Gasteiger partial charge in [-0.15, -0.1) is 0 Å². The fraction of sp³-hybridized carbons (Fsp3) is 0.810. The van der Waals surface area contributed by atoms with Crippen molar-refractivity contribution in [3.8, 4) is 0 Å². The van der Waals surface area contributed by atoms with Crippen LogP contribution in [0.2, 0.25) is 0 Å². The van der Waals surface area contributed by atoms with Crippen molar-refractivity contribution in [2.45, 2.75) is 82.0 Å². The summed E-state index contributed by atoms with van der Waals surface area (Å²) in [7, 11) is 3.09. The maximum atomic E-state index is 13.3. The molecular weight excluding hydrogens is 400 g/mol. The molecule has 10 nitrogen and oxygen atoms in total. The minimum absolute atomic E-state index is 0.290. The molecule has 7 aliphatic rings. The zero-order valence-electron chi connectivity index (χ0n) is 18.9. The molecule has 3 fully saturated rings. The molecule has 6 heterocycles. The third kappa shape index (κ3) is 1.15. The Kier molecular flexibility index (Phi) is 2.40. The first-order valence-corrected chi connectivity index (χ1v) is 11.2. The maximum Gasteiger partial charge on any atom is 0.347 e. The standard InChI is InChI=1S/C21H28N6O4/c1-16-7-8-18(3,25-13(29)22(5)12(28)24(16)25)21-11-20(16,21)17(2)9-10-19(21,4)27-15(31)23(6)14(30)26(17)27/h7-11H2,1-6H3/t16-,17+,18+,19-,20?,21?. The molecule has 6 atom stereocenters. The van der Waals surface area contributed by atoms with Crippen molar-refractivity contribution < 1.29 is 0 Å². The van der Waals surface area contributed by atoms with Gasteiger partial charge in [0.05, 0.1) is 22.2 Å². The molecule has 0 spiro atoms. The normalized spacial score (nSPS) is 47.7. The van der Waals surface area contributed by atoms with E-state index in [1.165, 1.54) is 9.13 Å². The molecule has 0 amide bonds. The lowest BCUT2D eigenvalue weighted by atomic mass is 9.44. The summed E-state index contributed by atoms with van der Waals surface area (Å²) < 4.78 is 9.30. The fourth-order valence-electron chi connectivity index (χ4n) is 9.89. The van der Waals surface area contributed by atoms with Gasteiger partial charge in [-0.2, -0.15) is 0 Å². The fourth-order valence-corrected chi connectivity index (χ4v) is 9.89. The molecule has 166 valence electrons. The molecule has 4 aliphatic heterocycles. The second-order valence-corrected chi connectivity index (χ2v) is 11.6. The lowest BCUT2D eigenvalue weighted by Crippen LogP contribution is -2.81. The summed E-state index contributed by atoms with van der Waals surface area (Å²) in [6.07, 6.45) is 3.88. The number of hydrogen-bond acceptors (Lipinski definition) is 4. The van der Waals surface area contributed by atoms with E-state index in [1.54, 1.807) is 32.8 Å². The van der Waals surface area contributed by atoms with Gasteiger partial charge in [0.25, 0.3) is 0 Å². The second-order valence-electron chi connectivity index (χ2n) is 11.6. The Balaban J connectivity index is 1.74. The van der Waals surface area contributed by atoms with Crippen LogP contribution in [-0.2, 0) is 36.3 Å². The Morgan fingerprint density at radius 1 is 0.516 bits per heavy atom. The van der Waals surface area contributed by atoms with E-state index in [0.717, 1.165) is 32.1 Å². The van der Waals surface area contributed by atoms with Crippen LogP contribution in [0.25, 0.3) is 0 Å². The predicted octanol–water partition coefficient (Wildman–Crippen LogP) is -0.437. The van der Waals surface area contributed by atoms with E-state index < -0.39 is 22.2 Å². The Bertz CT molecular complexity index is 1300. The number of fused-ring (bicyclic) bond motifs is 2. The first kappa shape index (κ1) is 18.1. The van der Waals surface area contributed by atoms with Crippen LogP contribution >= 0.6 is 0 Å². The van der Waals surface area contributed by atoms with Crippen LogP contribution in [0.5, 0.6) is 0 Å². The first-order chi connectivity index (χ1) is 14.3. The number of hydrogen-bond donors (Lipinski definition) is 0. The Labute approximate surface area is 177 Å². The monoisotopic (exact) mass is 428 g/mol. The van der Waals surface area contributed by atoms with E-state index in [1.807, 2.05) is 0 Å². The van der Waals surface area contributed by atoms with Gasteiger partial charge in [-0.3, -0.25) is 0 Å². The highest BCUT2D eigenvalue weighted by Crippen LogP contribution is 2.94. The molecule has 0 saturated heterocycles. The highest BCUT2D eigenvalue weighted by Gasteiger charge is 2.98. The molecule has 0 N–H and O–H groups in total. The van der Waals surface area contributed by atoms with Crippen molar-refractivity contribution >= 4 is 0 Å². The van der Waals surface area contributed by atoms with Crippen molar-refractivity contribution in [2.75, 3.05) is 0 Å². The summed E-state index contributed by atoms with van der Waals surface area (Å²) in [5.74, 6) is 0. The van der Waals surface area contributed by atoms with Crippen molar-refractivity contribution in [1.29, 1.82) is 0 Å². The summed E-state index contributed by atoms with van der Waals surface area (Å²) in [5, 5.41) is 0. The number of rotatable bonds is 0. The van der Waals surface area contributed by atoms with Crippen LogP contribution in [0, 0.1) is 10.8 Å². The van der Waals surface area contributed by atoms with Gasteiger partial charge < -0.3 is 0 Å². The molecule has 2 aromatic heterocycles. The maximum absolute atomic E-state index is 13.3. The van der Waals surface area contributed by atoms with E-state index in [-0.39, 0.29) is 33.6 Å². The summed E-state index contributed by atoms with van der Waals surface area (Å²) in [6, 6.07) is 0. The molecule has 3 aliphatic carbocycles. The van der Waals surface area contributed by atoms with Crippen molar-refractivity contribution in [2.24, 2.45) is 24.9 Å². The largest absolute Gasteiger partial charge is 0.347 e. The Hall–Kier alpha value is -2.52. The summed E-state index contributed by atoms with van der Waals surface area (Å²) in [6.45, 7) is 8.43. The molecule has 2 unspecified atom stereocenters. The zero-order chi connectivity index (χ0) is 22.3. The van der Waals surface area contributed by atoms with E-state index in [9.17, 15) is 19.2 Å². The molecular formula is C21H28N6O4. The lowest BCUT2D eigenvalue weighted by molar-refractivity contribution is -0.247. The van der Waals surface area contributed by atoms with Crippen LogP contribution in [-0.4, -0.2) is 27.9 Å². The molecule has 4 bridgehead atoms. The van der Waals surface area contributed by atoms with E-state index in [4.69, 9.17) is 0 Å². The summed E-state index contributed by atoms with van der Waals surface area (Å²) in [4.78, 5) is 53.4. The van der Waals surface area contributed by atoms with Gasteiger partial charge in [-0.1, -0.05) is 0 Å². The van der Waals surface area contributed by atoms with Gasteiger partial charge in [0.2, 0.25) is 0 Å². The Morgan fingerprint density at radius 2 is 0.742 bits per heavy atom. The summed E-state index contributed by atoms with van der Waals surface area (Å²) >= 11 is 0. The zero-order valence-corrected chi connectivity index (χ0v) is 18.9. The van der Waals surface area contributed by atoms with Gasteiger partial charge in [0.1, 0.15) is 0 Å². The summed E-state index contributed by atoms with van der Waals surface area (Å²) in [5.41, 5.74) is -4.40. The van der Waals surface area contributed by atoms with Crippen molar-refractivity contribution in [1.82, 2.24) is 27.9 Å². The van der Waals surface area contributed by atoms with Gasteiger partial charge in [0, 0.05) is 24.9 Å².